The molecule has 31 heavy (non-hydrogen) atoms. The normalized spacial score (nSPS) is 13.9. The molecule has 3 rings (SSSR count). The van der Waals surface area contributed by atoms with Crippen LogP contribution >= 0.6 is 11.6 Å². The van der Waals surface area contributed by atoms with E-state index in [9.17, 15) is 24.1 Å². The Balaban J connectivity index is 2.17. The molecule has 1 aliphatic rings. The predicted molar refractivity (Wildman–Crippen MR) is 110 cm³/mol. The minimum absolute atomic E-state index is 0.0692. The summed E-state index contributed by atoms with van der Waals surface area (Å²) >= 11 is 5.87. The number of esters is 2. The highest BCUT2D eigenvalue weighted by Crippen LogP contribution is 2.39. The van der Waals surface area contributed by atoms with Crippen molar-refractivity contribution in [2.24, 2.45) is 0 Å². The minimum Gasteiger partial charge on any atom is -0.466 e. The maximum Gasteiger partial charge on any atom is 0.336 e. The fraction of sp³-hybridized carbons (Fsp3) is 0.143. The van der Waals surface area contributed by atoms with Gasteiger partial charge >= 0.3 is 11.9 Å². The number of non-ortho nitro benzene ring substituents is 1. The third-order valence-electron chi connectivity index (χ3n) is 4.66. The first-order valence-corrected chi connectivity index (χ1v) is 9.22. The summed E-state index contributed by atoms with van der Waals surface area (Å²) in [5, 5.41) is 10.8. The van der Waals surface area contributed by atoms with Crippen LogP contribution in [0.4, 0.5) is 15.8 Å². The van der Waals surface area contributed by atoms with Crippen molar-refractivity contribution in [2.45, 2.75) is 5.92 Å². The topological polar surface area (TPSA) is 99.0 Å². The van der Waals surface area contributed by atoms with Crippen molar-refractivity contribution < 1.29 is 28.4 Å². The van der Waals surface area contributed by atoms with Gasteiger partial charge in [-0.3, -0.25) is 10.1 Å². The number of halogens is 2. The molecular weight excluding hydrogens is 431 g/mol. The van der Waals surface area contributed by atoms with Gasteiger partial charge in [0.15, 0.2) is 0 Å². The van der Waals surface area contributed by atoms with Crippen LogP contribution in [0, 0.1) is 15.9 Å². The highest BCUT2D eigenvalue weighted by molar-refractivity contribution is 6.31. The van der Waals surface area contributed by atoms with Crippen molar-refractivity contribution in [3.05, 3.63) is 92.5 Å². The van der Waals surface area contributed by atoms with E-state index in [4.69, 9.17) is 21.1 Å². The summed E-state index contributed by atoms with van der Waals surface area (Å²) in [6, 6.07) is 9.33. The lowest BCUT2D eigenvalue weighted by Gasteiger charge is -2.30. The SMILES string of the molecule is COC(=O)C1=CN(c2ccc(F)c(Cl)c2)C=C(C(=O)OC)C1c1ccc([N+](=O)[O-])cc1. The summed E-state index contributed by atoms with van der Waals surface area (Å²) in [6.45, 7) is 0. The Hall–Kier alpha value is -3.72. The van der Waals surface area contributed by atoms with Crippen LogP contribution in [0.15, 0.2) is 66.0 Å². The van der Waals surface area contributed by atoms with Crippen molar-refractivity contribution in [2.75, 3.05) is 19.1 Å². The number of nitrogens with zero attached hydrogens (tertiary/aromatic N) is 2. The largest absolute Gasteiger partial charge is 0.466 e. The molecule has 0 fully saturated rings. The van der Waals surface area contributed by atoms with E-state index >= 15 is 0 Å². The molecule has 0 radical (unpaired) electrons. The lowest BCUT2D eigenvalue weighted by molar-refractivity contribution is -0.384. The van der Waals surface area contributed by atoms with Crippen molar-refractivity contribution in [1.82, 2.24) is 0 Å². The summed E-state index contributed by atoms with van der Waals surface area (Å²) in [5.74, 6) is -2.99. The Labute approximate surface area is 181 Å². The first-order valence-electron chi connectivity index (χ1n) is 8.84. The number of nitro groups is 1. The van der Waals surface area contributed by atoms with Gasteiger partial charge in [0.2, 0.25) is 0 Å². The average molecular weight is 447 g/mol. The summed E-state index contributed by atoms with van der Waals surface area (Å²) in [6.07, 6.45) is 2.85. The second kappa shape index (κ2) is 8.97. The summed E-state index contributed by atoms with van der Waals surface area (Å²) in [5.41, 5.74) is 0.820. The van der Waals surface area contributed by atoms with Crippen molar-refractivity contribution in [3.8, 4) is 0 Å². The van der Waals surface area contributed by atoms with E-state index in [1.807, 2.05) is 0 Å². The molecule has 1 aliphatic heterocycles. The molecule has 0 N–H and O–H groups in total. The van der Waals surface area contributed by atoms with E-state index < -0.39 is 28.6 Å². The van der Waals surface area contributed by atoms with Gasteiger partial charge in [0, 0.05) is 30.2 Å². The van der Waals surface area contributed by atoms with Crippen molar-refractivity contribution >= 4 is 34.9 Å². The van der Waals surface area contributed by atoms with Gasteiger partial charge in [0.25, 0.3) is 5.69 Å². The number of methoxy groups -OCH3 is 2. The minimum atomic E-state index is -0.909. The molecule has 0 atom stereocenters. The Morgan fingerprint density at radius 3 is 2.03 bits per heavy atom. The predicted octanol–water partition coefficient (Wildman–Crippen LogP) is 4.10. The fourth-order valence-corrected chi connectivity index (χ4v) is 3.35. The zero-order chi connectivity index (χ0) is 22.7. The van der Waals surface area contributed by atoms with Gasteiger partial charge in [-0.1, -0.05) is 23.7 Å². The number of rotatable bonds is 5. The maximum absolute atomic E-state index is 13.6. The van der Waals surface area contributed by atoms with E-state index in [2.05, 4.69) is 0 Å². The third-order valence-corrected chi connectivity index (χ3v) is 4.95. The van der Waals surface area contributed by atoms with Crippen LogP contribution in [0.5, 0.6) is 0 Å². The lowest BCUT2D eigenvalue weighted by Crippen LogP contribution is -2.28. The van der Waals surface area contributed by atoms with Gasteiger partial charge in [-0.15, -0.1) is 0 Å². The monoisotopic (exact) mass is 446 g/mol. The number of carbonyl (C=O) groups is 2. The molecule has 10 heteroatoms. The molecule has 0 amide bonds. The number of carbonyl (C=O) groups excluding carboxylic acids is 2. The van der Waals surface area contributed by atoms with Crippen molar-refractivity contribution in [1.29, 1.82) is 0 Å². The molecule has 0 saturated carbocycles. The first-order chi connectivity index (χ1) is 14.8. The first kappa shape index (κ1) is 22.0. The maximum atomic E-state index is 13.6. The summed E-state index contributed by atoms with van der Waals surface area (Å²) < 4.78 is 23.3. The Morgan fingerprint density at radius 1 is 1.03 bits per heavy atom. The van der Waals surface area contributed by atoms with E-state index in [-0.39, 0.29) is 21.9 Å². The van der Waals surface area contributed by atoms with Crippen LogP contribution in [0.1, 0.15) is 11.5 Å². The standard InChI is InChI=1S/C21H16ClFN2O6/c1-30-20(26)15-10-24(14-7-8-18(23)17(22)9-14)11-16(21(27)31-2)19(15)12-3-5-13(6-4-12)25(28)29/h3-11,19H,1-2H3. The molecule has 0 aromatic heterocycles. The molecule has 2 aromatic carbocycles. The number of hydrogen-bond donors (Lipinski definition) is 0. The van der Waals surface area contributed by atoms with Crippen LogP contribution in [-0.4, -0.2) is 31.1 Å². The van der Waals surface area contributed by atoms with Crippen LogP contribution in [0.3, 0.4) is 0 Å². The average Bonchev–Trinajstić information content (AvgIpc) is 2.78. The van der Waals surface area contributed by atoms with Gasteiger partial charge in [-0.25, -0.2) is 14.0 Å². The van der Waals surface area contributed by atoms with Gasteiger partial charge in [-0.2, -0.15) is 0 Å². The second-order valence-corrected chi connectivity index (χ2v) is 6.85. The highest BCUT2D eigenvalue weighted by atomic mass is 35.5. The molecule has 8 nitrogen and oxygen atoms in total. The molecule has 160 valence electrons. The van der Waals surface area contributed by atoms with Gasteiger partial charge < -0.3 is 14.4 Å². The quantitative estimate of drug-likeness (QED) is 0.387. The lowest BCUT2D eigenvalue weighted by atomic mass is 9.83. The highest BCUT2D eigenvalue weighted by Gasteiger charge is 2.35. The number of ether oxygens (including phenoxy) is 2. The number of hydrogen-bond acceptors (Lipinski definition) is 7. The van der Waals surface area contributed by atoms with Crippen LogP contribution in [0.25, 0.3) is 0 Å². The molecule has 1 heterocycles. The summed E-state index contributed by atoms with van der Waals surface area (Å²) in [7, 11) is 2.37. The molecular formula is C21H16ClFN2O6. The second-order valence-electron chi connectivity index (χ2n) is 6.44. The van der Waals surface area contributed by atoms with Crippen molar-refractivity contribution in [3.63, 3.8) is 0 Å². The van der Waals surface area contributed by atoms with Crippen LogP contribution in [0.2, 0.25) is 5.02 Å². The zero-order valence-corrected chi connectivity index (χ0v) is 17.1. The molecule has 0 saturated heterocycles. The number of benzene rings is 2. The van der Waals surface area contributed by atoms with E-state index in [0.717, 1.165) is 6.07 Å². The van der Waals surface area contributed by atoms with E-state index in [1.165, 1.54) is 67.9 Å². The van der Waals surface area contributed by atoms with Gasteiger partial charge in [0.05, 0.1) is 41.2 Å². The smallest absolute Gasteiger partial charge is 0.336 e. The number of anilines is 1. The van der Waals surface area contributed by atoms with E-state index in [0.29, 0.717) is 11.3 Å². The van der Waals surface area contributed by atoms with Gasteiger partial charge in [-0.05, 0) is 23.8 Å². The Bertz CT molecular complexity index is 1080. The fourth-order valence-electron chi connectivity index (χ4n) is 3.17. The zero-order valence-electron chi connectivity index (χ0n) is 16.4. The van der Waals surface area contributed by atoms with Crippen LogP contribution in [-0.2, 0) is 19.1 Å². The number of nitro benzene ring substituents is 1. The molecule has 0 aliphatic carbocycles. The molecule has 0 unspecified atom stereocenters. The third kappa shape index (κ3) is 4.41. The van der Waals surface area contributed by atoms with E-state index in [1.54, 1.807) is 0 Å². The van der Waals surface area contributed by atoms with Crippen LogP contribution < -0.4 is 4.90 Å². The Kier molecular flexibility index (Phi) is 6.36. The molecule has 2 aromatic rings. The molecule has 0 bridgehead atoms. The molecule has 0 spiro atoms. The van der Waals surface area contributed by atoms with Gasteiger partial charge in [0.1, 0.15) is 5.82 Å². The summed E-state index contributed by atoms with van der Waals surface area (Å²) in [4.78, 5) is 37.0. The Morgan fingerprint density at radius 2 is 1.58 bits per heavy atom.